The smallest absolute Gasteiger partial charge is 0.251 e. The highest BCUT2D eigenvalue weighted by atomic mass is 79.9. The third-order valence-corrected chi connectivity index (χ3v) is 4.20. The summed E-state index contributed by atoms with van der Waals surface area (Å²) in [5, 5.41) is 12.0. The van der Waals surface area contributed by atoms with Crippen molar-refractivity contribution in [3.63, 3.8) is 0 Å². The summed E-state index contributed by atoms with van der Waals surface area (Å²) in [5.74, 6) is 0.230. The maximum atomic E-state index is 12.0. The third kappa shape index (κ3) is 4.18. The molecule has 1 aromatic heterocycles. The number of hydrogen-bond donors (Lipinski definition) is 2. The Morgan fingerprint density at radius 2 is 2.05 bits per heavy atom. The van der Waals surface area contributed by atoms with Crippen LogP contribution in [-0.2, 0) is 11.3 Å². The Labute approximate surface area is 126 Å². The summed E-state index contributed by atoms with van der Waals surface area (Å²) in [7, 11) is 0. The van der Waals surface area contributed by atoms with Crippen molar-refractivity contribution in [1.82, 2.24) is 9.88 Å². The molecule has 1 aromatic rings. The van der Waals surface area contributed by atoms with Crippen molar-refractivity contribution in [3.8, 4) is 0 Å². The van der Waals surface area contributed by atoms with Crippen LogP contribution in [0.25, 0.3) is 0 Å². The summed E-state index contributed by atoms with van der Waals surface area (Å²) in [6.07, 6.45) is 5.29. The van der Waals surface area contributed by atoms with Gasteiger partial charge in [0.2, 0.25) is 5.91 Å². The molecule has 1 aliphatic carbocycles. The van der Waals surface area contributed by atoms with Gasteiger partial charge in [-0.15, -0.1) is 0 Å². The number of nitrogens with zero attached hydrogens (tertiary/aromatic N) is 1. The van der Waals surface area contributed by atoms with Crippen LogP contribution in [0.4, 0.5) is 0 Å². The van der Waals surface area contributed by atoms with E-state index in [4.69, 9.17) is 5.11 Å². The minimum atomic E-state index is -0.188. The van der Waals surface area contributed by atoms with E-state index in [1.54, 1.807) is 12.3 Å². The van der Waals surface area contributed by atoms with Crippen molar-refractivity contribution in [2.24, 2.45) is 5.92 Å². The normalized spacial score (nSPS) is 22.5. The molecule has 20 heavy (non-hydrogen) atoms. The second kappa shape index (κ2) is 7.04. The molecule has 0 unspecified atom stereocenters. The molecular formula is C14H19BrN2O3. The summed E-state index contributed by atoms with van der Waals surface area (Å²) >= 11 is 3.28. The number of pyridine rings is 1. The van der Waals surface area contributed by atoms with Crippen LogP contribution in [-0.4, -0.2) is 28.2 Å². The summed E-state index contributed by atoms with van der Waals surface area (Å²) in [6, 6.07) is 3.25. The van der Waals surface area contributed by atoms with Gasteiger partial charge in [0.25, 0.3) is 5.56 Å². The molecule has 0 saturated heterocycles. The van der Waals surface area contributed by atoms with Crippen LogP contribution in [0.1, 0.15) is 25.7 Å². The Kier molecular flexibility index (Phi) is 5.37. The van der Waals surface area contributed by atoms with E-state index in [2.05, 4.69) is 21.2 Å². The number of carbonyl (C=O) groups is 1. The molecule has 0 atom stereocenters. The number of aliphatic hydroxyl groups excluding tert-OH is 1. The Morgan fingerprint density at radius 1 is 1.35 bits per heavy atom. The molecule has 110 valence electrons. The van der Waals surface area contributed by atoms with Gasteiger partial charge in [-0.1, -0.05) is 0 Å². The van der Waals surface area contributed by atoms with Gasteiger partial charge >= 0.3 is 0 Å². The van der Waals surface area contributed by atoms with Crippen LogP contribution in [0.2, 0.25) is 0 Å². The van der Waals surface area contributed by atoms with E-state index in [1.807, 2.05) is 0 Å². The second-order valence-corrected chi connectivity index (χ2v) is 6.20. The average molecular weight is 343 g/mol. The van der Waals surface area contributed by atoms with E-state index in [9.17, 15) is 9.59 Å². The van der Waals surface area contributed by atoms with E-state index < -0.39 is 0 Å². The molecule has 1 heterocycles. The Bertz CT molecular complexity index is 521. The van der Waals surface area contributed by atoms with Crippen LogP contribution in [0.3, 0.4) is 0 Å². The maximum Gasteiger partial charge on any atom is 0.251 e. The van der Waals surface area contributed by atoms with Gasteiger partial charge in [0.1, 0.15) is 6.54 Å². The van der Waals surface area contributed by atoms with Gasteiger partial charge in [0.15, 0.2) is 0 Å². The van der Waals surface area contributed by atoms with Crippen molar-refractivity contribution >= 4 is 21.8 Å². The number of rotatable bonds is 4. The molecule has 2 N–H and O–H groups in total. The van der Waals surface area contributed by atoms with Crippen molar-refractivity contribution in [2.45, 2.75) is 38.3 Å². The first kappa shape index (κ1) is 15.3. The van der Waals surface area contributed by atoms with Gasteiger partial charge in [0, 0.05) is 29.4 Å². The maximum absolute atomic E-state index is 12.0. The summed E-state index contributed by atoms with van der Waals surface area (Å²) in [5.41, 5.74) is -0.188. The van der Waals surface area contributed by atoms with Crippen LogP contribution in [0, 0.1) is 5.92 Å². The number of aromatic nitrogens is 1. The fourth-order valence-corrected chi connectivity index (χ4v) is 2.92. The van der Waals surface area contributed by atoms with Gasteiger partial charge < -0.3 is 15.0 Å². The van der Waals surface area contributed by atoms with Crippen LogP contribution in [0.5, 0.6) is 0 Å². The van der Waals surface area contributed by atoms with E-state index in [0.717, 1.165) is 30.2 Å². The zero-order chi connectivity index (χ0) is 14.5. The fraction of sp³-hybridized carbons (Fsp3) is 0.571. The molecule has 1 saturated carbocycles. The standard InChI is InChI=1S/C14H19BrN2O3/c15-11-3-6-14(20)17(7-11)8-13(19)16-12-4-1-10(9-18)2-5-12/h3,6-7,10,12,18H,1-2,4-5,8-9H2,(H,16,19). The molecule has 0 bridgehead atoms. The van der Waals surface area contributed by atoms with Gasteiger partial charge in [-0.25, -0.2) is 0 Å². The van der Waals surface area contributed by atoms with Crippen molar-refractivity contribution in [2.75, 3.05) is 6.61 Å². The SMILES string of the molecule is O=C(Cn1cc(Br)ccc1=O)NC1CCC(CO)CC1. The number of aliphatic hydroxyl groups is 1. The summed E-state index contributed by atoms with van der Waals surface area (Å²) in [6.45, 7) is 0.270. The van der Waals surface area contributed by atoms with Crippen LogP contribution in [0.15, 0.2) is 27.6 Å². The molecule has 5 nitrogen and oxygen atoms in total. The minimum Gasteiger partial charge on any atom is -0.396 e. The Hall–Kier alpha value is -1.14. The molecule has 0 radical (unpaired) electrons. The summed E-state index contributed by atoms with van der Waals surface area (Å²) < 4.78 is 2.16. The largest absolute Gasteiger partial charge is 0.396 e. The second-order valence-electron chi connectivity index (χ2n) is 5.28. The number of halogens is 1. The zero-order valence-electron chi connectivity index (χ0n) is 11.2. The molecule has 0 aromatic carbocycles. The molecule has 0 spiro atoms. The first-order chi connectivity index (χ1) is 9.58. The zero-order valence-corrected chi connectivity index (χ0v) is 12.8. The van der Waals surface area contributed by atoms with Crippen molar-refractivity contribution in [3.05, 3.63) is 33.2 Å². The highest BCUT2D eigenvalue weighted by Gasteiger charge is 2.21. The fourth-order valence-electron chi connectivity index (χ4n) is 2.54. The predicted octanol–water partition coefficient (Wildman–Crippen LogP) is 1.28. The third-order valence-electron chi connectivity index (χ3n) is 3.73. The Morgan fingerprint density at radius 3 is 2.70 bits per heavy atom. The molecule has 1 amide bonds. The monoisotopic (exact) mass is 342 g/mol. The number of carbonyl (C=O) groups excluding carboxylic acids is 1. The Balaban J connectivity index is 1.87. The van der Waals surface area contributed by atoms with E-state index in [0.29, 0.717) is 5.92 Å². The van der Waals surface area contributed by atoms with Gasteiger partial charge in [-0.05, 0) is 53.6 Å². The first-order valence-electron chi connectivity index (χ1n) is 6.84. The van der Waals surface area contributed by atoms with Crippen LogP contribution < -0.4 is 10.9 Å². The molecular weight excluding hydrogens is 324 g/mol. The predicted molar refractivity (Wildman–Crippen MR) is 79.4 cm³/mol. The van der Waals surface area contributed by atoms with Crippen LogP contribution >= 0.6 is 15.9 Å². The number of hydrogen-bond acceptors (Lipinski definition) is 3. The van der Waals surface area contributed by atoms with Gasteiger partial charge in [0.05, 0.1) is 0 Å². The topological polar surface area (TPSA) is 71.3 Å². The highest BCUT2D eigenvalue weighted by Crippen LogP contribution is 2.23. The van der Waals surface area contributed by atoms with E-state index in [-0.39, 0.29) is 30.7 Å². The number of amides is 1. The molecule has 2 rings (SSSR count). The van der Waals surface area contributed by atoms with E-state index >= 15 is 0 Å². The van der Waals surface area contributed by atoms with E-state index in [1.165, 1.54) is 10.6 Å². The van der Waals surface area contributed by atoms with Crippen molar-refractivity contribution in [1.29, 1.82) is 0 Å². The average Bonchev–Trinajstić information content (AvgIpc) is 2.43. The molecule has 1 aliphatic rings. The molecule has 6 heteroatoms. The lowest BCUT2D eigenvalue weighted by atomic mass is 9.86. The first-order valence-corrected chi connectivity index (χ1v) is 7.64. The lowest BCUT2D eigenvalue weighted by Gasteiger charge is -2.28. The molecule has 1 fully saturated rings. The molecule has 0 aliphatic heterocycles. The van der Waals surface area contributed by atoms with Gasteiger partial charge in [-0.2, -0.15) is 0 Å². The number of nitrogens with one attached hydrogen (secondary N) is 1. The lowest BCUT2D eigenvalue weighted by molar-refractivity contribution is -0.122. The quantitative estimate of drug-likeness (QED) is 0.865. The highest BCUT2D eigenvalue weighted by molar-refractivity contribution is 9.10. The van der Waals surface area contributed by atoms with Crippen molar-refractivity contribution < 1.29 is 9.90 Å². The van der Waals surface area contributed by atoms with Gasteiger partial charge in [-0.3, -0.25) is 9.59 Å². The minimum absolute atomic E-state index is 0.0399. The lowest BCUT2D eigenvalue weighted by Crippen LogP contribution is -2.40. The summed E-state index contributed by atoms with van der Waals surface area (Å²) in [4.78, 5) is 23.6.